The summed E-state index contributed by atoms with van der Waals surface area (Å²) in [4.78, 5) is 53.2. The largest absolute Gasteiger partial charge is 0.483 e. The first-order valence-corrected chi connectivity index (χ1v) is 11.2. The fourth-order valence-electron chi connectivity index (χ4n) is 5.32. The lowest BCUT2D eigenvalue weighted by Crippen LogP contribution is -2.45. The molecule has 0 aromatic carbocycles. The van der Waals surface area contributed by atoms with Crippen molar-refractivity contribution >= 4 is 24.1 Å². The van der Waals surface area contributed by atoms with E-state index in [1.807, 2.05) is 18.7 Å². The van der Waals surface area contributed by atoms with E-state index in [2.05, 4.69) is 9.88 Å². The Hall–Kier alpha value is -2.68. The lowest BCUT2D eigenvalue weighted by atomic mass is 9.76. The monoisotopic (exact) mass is 447 g/mol. The van der Waals surface area contributed by atoms with Crippen molar-refractivity contribution in [1.29, 1.82) is 0 Å². The molecule has 9 heteroatoms. The normalized spacial score (nSPS) is 22.4. The van der Waals surface area contributed by atoms with Gasteiger partial charge in [0, 0.05) is 38.7 Å². The number of likely N-dealkylation sites (tertiary alicyclic amines) is 2. The molecule has 3 fully saturated rings. The van der Waals surface area contributed by atoms with Crippen LogP contribution in [0.25, 0.3) is 0 Å². The molecule has 0 saturated carbocycles. The van der Waals surface area contributed by atoms with E-state index >= 15 is 0 Å². The van der Waals surface area contributed by atoms with Crippen LogP contribution < -0.4 is 0 Å². The highest BCUT2D eigenvalue weighted by Crippen LogP contribution is 2.43. The highest BCUT2D eigenvalue weighted by Gasteiger charge is 2.51. The first-order valence-electron chi connectivity index (χ1n) is 11.2. The van der Waals surface area contributed by atoms with Crippen molar-refractivity contribution in [3.63, 3.8) is 0 Å². The van der Waals surface area contributed by atoms with E-state index in [4.69, 9.17) is 14.6 Å². The van der Waals surface area contributed by atoms with Gasteiger partial charge in [-0.2, -0.15) is 0 Å². The lowest BCUT2D eigenvalue weighted by Gasteiger charge is -2.36. The summed E-state index contributed by atoms with van der Waals surface area (Å²) in [6, 6.07) is 0. The molecule has 1 unspecified atom stereocenters. The van der Waals surface area contributed by atoms with Gasteiger partial charge in [-0.1, -0.05) is 0 Å². The second-order valence-corrected chi connectivity index (χ2v) is 9.10. The molecule has 3 aliphatic rings. The second-order valence-electron chi connectivity index (χ2n) is 9.10. The van der Waals surface area contributed by atoms with E-state index in [1.165, 1.54) is 19.8 Å². The molecule has 1 aromatic rings. The molecule has 4 heterocycles. The third-order valence-electron chi connectivity index (χ3n) is 7.00. The predicted octanol–water partition coefficient (Wildman–Crippen LogP) is 2.17. The van der Waals surface area contributed by atoms with Gasteiger partial charge in [-0.15, -0.1) is 0 Å². The molecule has 0 aliphatic carbocycles. The summed E-state index contributed by atoms with van der Waals surface area (Å²) < 4.78 is 5.74. The Morgan fingerprint density at radius 2 is 1.78 bits per heavy atom. The average Bonchev–Trinajstić information content (AvgIpc) is 3.43. The van der Waals surface area contributed by atoms with E-state index < -0.39 is 5.41 Å². The van der Waals surface area contributed by atoms with Gasteiger partial charge in [-0.05, 0) is 58.2 Å². The Kier molecular flexibility index (Phi) is 7.38. The summed E-state index contributed by atoms with van der Waals surface area (Å²) >= 11 is 0. The van der Waals surface area contributed by atoms with E-state index in [9.17, 15) is 14.4 Å². The molecule has 1 aromatic heterocycles. The van der Waals surface area contributed by atoms with Gasteiger partial charge in [0.1, 0.15) is 6.10 Å². The van der Waals surface area contributed by atoms with Gasteiger partial charge in [0.25, 0.3) is 12.4 Å². The van der Waals surface area contributed by atoms with Gasteiger partial charge in [0.05, 0.1) is 16.7 Å². The van der Waals surface area contributed by atoms with Crippen LogP contribution in [0.3, 0.4) is 0 Å². The number of cyclic esters (lactones) is 1. The number of aryl methyl sites for hydroxylation is 1. The van der Waals surface area contributed by atoms with Crippen molar-refractivity contribution in [2.24, 2.45) is 5.41 Å². The van der Waals surface area contributed by atoms with Crippen LogP contribution in [0.4, 0.5) is 0 Å². The van der Waals surface area contributed by atoms with E-state index in [-0.39, 0.29) is 30.2 Å². The Morgan fingerprint density at radius 1 is 1.19 bits per heavy atom. The number of hydrogen-bond acceptors (Lipinski definition) is 6. The quantitative estimate of drug-likeness (QED) is 0.412. The number of esters is 1. The smallest absolute Gasteiger partial charge is 0.312 e. The maximum absolute atomic E-state index is 13.1. The minimum absolute atomic E-state index is 0.0184. The number of ketones is 1. The van der Waals surface area contributed by atoms with Crippen molar-refractivity contribution in [3.05, 3.63) is 22.5 Å². The molecular weight excluding hydrogens is 414 g/mol. The van der Waals surface area contributed by atoms with Crippen LogP contribution in [0.1, 0.15) is 71.1 Å². The maximum atomic E-state index is 13.1. The molecule has 0 bridgehead atoms. The Bertz CT molecular complexity index is 879. The maximum Gasteiger partial charge on any atom is 0.312 e. The Balaban J connectivity index is 0.000000913. The molecule has 3 aliphatic heterocycles. The second kappa shape index (κ2) is 9.85. The standard InChI is InChI=1S/C22H31N3O4.CH2O2/c1-14-18(15(2)23-19(14)16(3)26)20(27)25-10-6-22(7-11-25)12-17(29-21(22)28)13-24-8-4-5-9-24;2-1-3/h17,23H,4-13H2,1-3H3;1H,(H,2,3). The zero-order valence-electron chi connectivity index (χ0n) is 19.1. The first kappa shape index (κ1) is 24.0. The number of rotatable bonds is 4. The Labute approximate surface area is 188 Å². The minimum atomic E-state index is -0.437. The summed E-state index contributed by atoms with van der Waals surface area (Å²) in [7, 11) is 0. The van der Waals surface area contributed by atoms with Crippen molar-refractivity contribution in [3.8, 4) is 0 Å². The number of carboxylic acid groups (broad SMARTS) is 1. The molecule has 1 amide bonds. The van der Waals surface area contributed by atoms with Crippen LogP contribution in [0.5, 0.6) is 0 Å². The SMILES string of the molecule is CC(=O)c1[nH]c(C)c(C(=O)N2CCC3(CC2)CC(CN2CCCC2)OC3=O)c1C.O=CO. The molecule has 1 spiro atoms. The van der Waals surface area contributed by atoms with Crippen LogP contribution in [0.15, 0.2) is 0 Å². The van der Waals surface area contributed by atoms with E-state index in [0.717, 1.165) is 31.7 Å². The van der Waals surface area contributed by atoms with Crippen molar-refractivity contribution in [2.75, 3.05) is 32.7 Å². The molecule has 176 valence electrons. The minimum Gasteiger partial charge on any atom is -0.483 e. The summed E-state index contributed by atoms with van der Waals surface area (Å²) in [5.74, 6) is -0.208. The van der Waals surface area contributed by atoms with E-state index in [0.29, 0.717) is 42.8 Å². The number of ether oxygens (including phenoxy) is 1. The van der Waals surface area contributed by atoms with Gasteiger partial charge in [-0.3, -0.25) is 24.1 Å². The number of aromatic amines is 1. The van der Waals surface area contributed by atoms with Crippen molar-refractivity contribution in [1.82, 2.24) is 14.8 Å². The summed E-state index contributed by atoms with van der Waals surface area (Å²) in [6.45, 7) is 9.02. The first-order chi connectivity index (χ1) is 15.2. The summed E-state index contributed by atoms with van der Waals surface area (Å²) in [5, 5.41) is 6.89. The molecule has 0 radical (unpaired) electrons. The van der Waals surface area contributed by atoms with Gasteiger partial charge in [0.15, 0.2) is 5.78 Å². The average molecular weight is 448 g/mol. The number of hydrogen-bond donors (Lipinski definition) is 2. The highest BCUT2D eigenvalue weighted by atomic mass is 16.6. The van der Waals surface area contributed by atoms with Crippen molar-refractivity contribution in [2.45, 2.75) is 59.0 Å². The summed E-state index contributed by atoms with van der Waals surface area (Å²) in [6.07, 6.45) is 4.50. The number of piperidine rings is 1. The fraction of sp³-hybridized carbons (Fsp3) is 0.652. The molecule has 3 saturated heterocycles. The molecule has 2 N–H and O–H groups in total. The zero-order valence-corrected chi connectivity index (χ0v) is 19.1. The number of nitrogens with one attached hydrogen (secondary N) is 1. The third-order valence-corrected chi connectivity index (χ3v) is 7.00. The number of aromatic nitrogens is 1. The van der Waals surface area contributed by atoms with Crippen LogP contribution in [-0.2, 0) is 14.3 Å². The van der Waals surface area contributed by atoms with Gasteiger partial charge < -0.3 is 19.7 Å². The van der Waals surface area contributed by atoms with Gasteiger partial charge in [0.2, 0.25) is 0 Å². The van der Waals surface area contributed by atoms with E-state index in [1.54, 1.807) is 0 Å². The highest BCUT2D eigenvalue weighted by molar-refractivity contribution is 6.02. The summed E-state index contributed by atoms with van der Waals surface area (Å²) in [5.41, 5.74) is 2.10. The van der Waals surface area contributed by atoms with Crippen LogP contribution >= 0.6 is 0 Å². The van der Waals surface area contributed by atoms with Crippen LogP contribution in [0.2, 0.25) is 0 Å². The number of carbonyl (C=O) groups is 4. The predicted molar refractivity (Wildman–Crippen MR) is 117 cm³/mol. The molecule has 9 nitrogen and oxygen atoms in total. The third kappa shape index (κ3) is 4.72. The molecule has 32 heavy (non-hydrogen) atoms. The van der Waals surface area contributed by atoms with Crippen LogP contribution in [-0.4, -0.2) is 82.9 Å². The number of nitrogens with zero attached hydrogens (tertiary/aromatic N) is 2. The van der Waals surface area contributed by atoms with Crippen molar-refractivity contribution < 1.29 is 29.0 Å². The topological polar surface area (TPSA) is 120 Å². The molecular formula is C23H33N3O6. The Morgan fingerprint density at radius 3 is 2.31 bits per heavy atom. The number of H-pyrrole nitrogens is 1. The molecule has 4 rings (SSSR count). The van der Waals surface area contributed by atoms with Gasteiger partial charge in [-0.25, -0.2) is 0 Å². The molecule has 1 atom stereocenters. The fourth-order valence-corrected chi connectivity index (χ4v) is 5.32. The zero-order chi connectivity index (χ0) is 23.5. The number of amides is 1. The number of carbonyl (C=O) groups excluding carboxylic acids is 3. The number of Topliss-reactive ketones (excluding diaryl/α,β-unsaturated/α-hetero) is 1. The van der Waals surface area contributed by atoms with Crippen LogP contribution in [0, 0.1) is 19.3 Å². The lowest BCUT2D eigenvalue weighted by molar-refractivity contribution is -0.151. The van der Waals surface area contributed by atoms with Gasteiger partial charge >= 0.3 is 5.97 Å².